The average Bonchev–Trinajstić information content (AvgIpc) is 3.39. The molecule has 176 valence electrons. The van der Waals surface area contributed by atoms with E-state index in [0.717, 1.165) is 21.3 Å². The van der Waals surface area contributed by atoms with Crippen LogP contribution in [-0.2, 0) is 26.1 Å². The van der Waals surface area contributed by atoms with Gasteiger partial charge in [-0.1, -0.05) is 22.9 Å². The van der Waals surface area contributed by atoms with Gasteiger partial charge in [0.2, 0.25) is 10.0 Å². The van der Waals surface area contributed by atoms with E-state index in [4.69, 9.17) is 16.3 Å². The van der Waals surface area contributed by atoms with Crippen LogP contribution in [0.5, 0.6) is 0 Å². The van der Waals surface area contributed by atoms with Crippen molar-refractivity contribution in [1.82, 2.24) is 8.87 Å². The van der Waals surface area contributed by atoms with Gasteiger partial charge in [-0.25, -0.2) is 8.42 Å². The molecular weight excluding hydrogens is 482 g/mol. The first-order valence-corrected chi connectivity index (χ1v) is 13.3. The van der Waals surface area contributed by atoms with Gasteiger partial charge in [0.05, 0.1) is 21.7 Å². The number of thiazole rings is 1. The molecule has 0 saturated carbocycles. The Labute approximate surface area is 202 Å². The van der Waals surface area contributed by atoms with Crippen LogP contribution in [0.3, 0.4) is 0 Å². The number of methoxy groups -OCH3 is 1. The number of ether oxygens (including phenoxy) is 1. The number of sulfonamides is 1. The number of fused-ring (bicyclic) bond motifs is 1. The molecule has 1 saturated heterocycles. The Hall–Kier alpha value is -2.04. The highest BCUT2D eigenvalue weighted by molar-refractivity contribution is 7.89. The summed E-state index contributed by atoms with van der Waals surface area (Å²) in [6.07, 6.45) is 1.05. The zero-order valence-electron chi connectivity index (χ0n) is 18.7. The van der Waals surface area contributed by atoms with Crippen LogP contribution in [0.15, 0.2) is 46.3 Å². The molecule has 1 amide bonds. The number of benzene rings is 2. The lowest BCUT2D eigenvalue weighted by molar-refractivity contribution is -0.121. The van der Waals surface area contributed by atoms with Crippen LogP contribution in [0.1, 0.15) is 24.0 Å². The number of carbonyl (C=O) groups excluding carboxylic acids is 1. The van der Waals surface area contributed by atoms with Crippen molar-refractivity contribution in [3.8, 4) is 0 Å². The van der Waals surface area contributed by atoms with E-state index in [0.29, 0.717) is 35.8 Å². The number of hydrogen-bond acceptors (Lipinski definition) is 5. The Morgan fingerprint density at radius 1 is 1.21 bits per heavy atom. The molecule has 10 heteroatoms. The predicted octanol–water partition coefficient (Wildman–Crippen LogP) is 3.90. The Morgan fingerprint density at radius 2 is 1.91 bits per heavy atom. The summed E-state index contributed by atoms with van der Waals surface area (Å²) in [5.74, 6) is -0.448. The van der Waals surface area contributed by atoms with Crippen LogP contribution in [0.4, 0.5) is 0 Å². The van der Waals surface area contributed by atoms with E-state index in [1.165, 1.54) is 39.9 Å². The van der Waals surface area contributed by atoms with Gasteiger partial charge in [0.1, 0.15) is 6.04 Å². The molecule has 1 atom stereocenters. The van der Waals surface area contributed by atoms with Crippen molar-refractivity contribution in [2.75, 3.05) is 20.3 Å². The van der Waals surface area contributed by atoms with Crippen molar-refractivity contribution < 1.29 is 17.9 Å². The van der Waals surface area contributed by atoms with Crippen molar-refractivity contribution >= 4 is 49.1 Å². The molecule has 1 aromatic heterocycles. The maximum atomic E-state index is 13.3. The van der Waals surface area contributed by atoms with Gasteiger partial charge in [-0.05, 0) is 74.2 Å². The van der Waals surface area contributed by atoms with Crippen LogP contribution in [0, 0.1) is 13.8 Å². The molecular formula is C23H26ClN3O4S2. The first kappa shape index (κ1) is 24.1. The van der Waals surface area contributed by atoms with E-state index in [-0.39, 0.29) is 11.4 Å². The second-order valence-corrected chi connectivity index (χ2v) is 11.4. The first-order valence-electron chi connectivity index (χ1n) is 10.7. The van der Waals surface area contributed by atoms with Crippen LogP contribution < -0.4 is 4.80 Å². The maximum absolute atomic E-state index is 13.3. The SMILES string of the molecule is COCCn1c(=NC(=O)C2CCCN2S(=O)(=O)c2ccc(Cl)cc2)sc2cc(C)c(C)cc21. The monoisotopic (exact) mass is 507 g/mol. The number of nitrogens with zero attached hydrogens (tertiary/aromatic N) is 3. The van der Waals surface area contributed by atoms with E-state index in [2.05, 4.69) is 17.1 Å². The van der Waals surface area contributed by atoms with Gasteiger partial charge >= 0.3 is 0 Å². The molecule has 0 bridgehead atoms. The third-order valence-electron chi connectivity index (χ3n) is 5.93. The molecule has 7 nitrogen and oxygen atoms in total. The number of hydrogen-bond donors (Lipinski definition) is 0. The number of aryl methyl sites for hydroxylation is 2. The fourth-order valence-electron chi connectivity index (χ4n) is 3.99. The lowest BCUT2D eigenvalue weighted by Crippen LogP contribution is -2.40. The lowest BCUT2D eigenvalue weighted by atomic mass is 10.1. The first-order chi connectivity index (χ1) is 15.7. The van der Waals surface area contributed by atoms with Gasteiger partial charge < -0.3 is 9.30 Å². The summed E-state index contributed by atoms with van der Waals surface area (Å²) in [5.41, 5.74) is 3.31. The van der Waals surface area contributed by atoms with E-state index < -0.39 is 22.0 Å². The molecule has 1 aliphatic heterocycles. The highest BCUT2D eigenvalue weighted by Crippen LogP contribution is 2.28. The average molecular weight is 508 g/mol. The van der Waals surface area contributed by atoms with E-state index >= 15 is 0 Å². The maximum Gasteiger partial charge on any atom is 0.266 e. The minimum Gasteiger partial charge on any atom is -0.383 e. The van der Waals surface area contributed by atoms with Gasteiger partial charge in [0.25, 0.3) is 5.91 Å². The Balaban J connectivity index is 1.73. The van der Waals surface area contributed by atoms with Crippen molar-refractivity contribution in [3.05, 3.63) is 57.3 Å². The van der Waals surface area contributed by atoms with Crippen molar-refractivity contribution in [3.63, 3.8) is 0 Å². The summed E-state index contributed by atoms with van der Waals surface area (Å²) in [5, 5.41) is 0.453. The molecule has 4 rings (SSSR count). The van der Waals surface area contributed by atoms with Gasteiger partial charge in [0.15, 0.2) is 4.80 Å². The quantitative estimate of drug-likeness (QED) is 0.506. The second kappa shape index (κ2) is 9.68. The Morgan fingerprint density at radius 3 is 2.61 bits per heavy atom. The fraction of sp³-hybridized carbons (Fsp3) is 0.391. The van der Waals surface area contributed by atoms with Crippen molar-refractivity contribution in [1.29, 1.82) is 0 Å². The Kier molecular flexibility index (Phi) is 7.07. The van der Waals surface area contributed by atoms with Crippen LogP contribution in [-0.4, -0.2) is 49.5 Å². The fourth-order valence-corrected chi connectivity index (χ4v) is 6.91. The number of halogens is 1. The molecule has 1 fully saturated rings. The third kappa shape index (κ3) is 4.79. The third-order valence-corrected chi connectivity index (χ3v) is 9.15. The normalized spacial score (nSPS) is 17.8. The van der Waals surface area contributed by atoms with Crippen LogP contribution >= 0.6 is 22.9 Å². The molecule has 2 heterocycles. The van der Waals surface area contributed by atoms with Crippen molar-refractivity contribution in [2.24, 2.45) is 4.99 Å². The molecule has 1 unspecified atom stereocenters. The molecule has 0 aliphatic carbocycles. The summed E-state index contributed by atoms with van der Waals surface area (Å²) < 4.78 is 35.9. The zero-order chi connectivity index (χ0) is 23.8. The van der Waals surface area contributed by atoms with Gasteiger partial charge in [-0.15, -0.1) is 0 Å². The summed E-state index contributed by atoms with van der Waals surface area (Å²) in [6.45, 7) is 5.40. The molecule has 2 aromatic carbocycles. The summed E-state index contributed by atoms with van der Waals surface area (Å²) in [4.78, 5) is 18.4. The second-order valence-electron chi connectivity index (χ2n) is 8.11. The number of carbonyl (C=O) groups is 1. The van der Waals surface area contributed by atoms with Crippen LogP contribution in [0.2, 0.25) is 5.02 Å². The highest BCUT2D eigenvalue weighted by atomic mass is 35.5. The highest BCUT2D eigenvalue weighted by Gasteiger charge is 2.39. The van der Waals surface area contributed by atoms with Crippen molar-refractivity contribution in [2.45, 2.75) is 44.2 Å². The molecule has 33 heavy (non-hydrogen) atoms. The zero-order valence-corrected chi connectivity index (χ0v) is 21.1. The smallest absolute Gasteiger partial charge is 0.266 e. The van der Waals surface area contributed by atoms with Gasteiger partial charge in [0, 0.05) is 25.2 Å². The van der Waals surface area contributed by atoms with E-state index in [1.54, 1.807) is 7.11 Å². The molecule has 3 aromatic rings. The number of aromatic nitrogens is 1. The molecule has 0 spiro atoms. The van der Waals surface area contributed by atoms with E-state index in [9.17, 15) is 13.2 Å². The van der Waals surface area contributed by atoms with Gasteiger partial charge in [-0.3, -0.25) is 4.79 Å². The summed E-state index contributed by atoms with van der Waals surface area (Å²) >= 11 is 7.34. The summed E-state index contributed by atoms with van der Waals surface area (Å²) in [6, 6.07) is 9.35. The molecule has 1 aliphatic rings. The standard InChI is InChI=1S/C23H26ClN3O4S2/c1-15-13-20-21(14-16(15)2)32-23(26(20)11-12-31-3)25-22(28)19-5-4-10-27(19)33(29,30)18-8-6-17(24)7-9-18/h6-9,13-14,19H,4-5,10-12H2,1-3H3. The van der Waals surface area contributed by atoms with Crippen LogP contribution in [0.25, 0.3) is 10.2 Å². The van der Waals surface area contributed by atoms with E-state index in [1.807, 2.05) is 18.4 Å². The summed E-state index contributed by atoms with van der Waals surface area (Å²) in [7, 11) is -2.20. The minimum atomic E-state index is -3.83. The molecule has 0 N–H and O–H groups in total. The number of amides is 1. The molecule has 0 radical (unpaired) electrons. The minimum absolute atomic E-state index is 0.120. The largest absolute Gasteiger partial charge is 0.383 e. The van der Waals surface area contributed by atoms with Gasteiger partial charge in [-0.2, -0.15) is 9.30 Å². The topological polar surface area (TPSA) is 81.0 Å². The predicted molar refractivity (Wildman–Crippen MR) is 130 cm³/mol. The lowest BCUT2D eigenvalue weighted by Gasteiger charge is -2.21. The Bertz CT molecular complexity index is 1360. The number of rotatable bonds is 6.